The van der Waals surface area contributed by atoms with Crippen molar-refractivity contribution < 1.29 is 9.13 Å². The molecule has 72 valence electrons. The number of hydrogen-bond acceptors (Lipinski definition) is 2. The predicted octanol–water partition coefficient (Wildman–Crippen LogP) is 1.45. The molecule has 1 fully saturated rings. The van der Waals surface area contributed by atoms with Crippen LogP contribution in [0.4, 0.5) is 4.39 Å². The molecule has 0 saturated carbocycles. The Balaban J connectivity index is 2.34. The van der Waals surface area contributed by atoms with E-state index in [1.54, 1.807) is 0 Å². The van der Waals surface area contributed by atoms with Crippen LogP contribution in [-0.4, -0.2) is 43.4 Å². The standard InChI is InChI=1S/C9H18FNO/c1-7(2)12-9-4-5-11(3)6-8(9)10/h7-9H,4-6H2,1-3H3/t8-,9-/m1/s1. The predicted molar refractivity (Wildman–Crippen MR) is 47.0 cm³/mol. The van der Waals surface area contributed by atoms with E-state index in [0.717, 1.165) is 13.0 Å². The lowest BCUT2D eigenvalue weighted by Crippen LogP contribution is -2.44. The summed E-state index contributed by atoms with van der Waals surface area (Å²) in [6.45, 7) is 5.35. The Bertz CT molecular complexity index is 140. The van der Waals surface area contributed by atoms with E-state index in [-0.39, 0.29) is 12.2 Å². The van der Waals surface area contributed by atoms with E-state index in [2.05, 4.69) is 0 Å². The molecule has 0 aromatic carbocycles. The normalized spacial score (nSPS) is 32.8. The number of hydrogen-bond donors (Lipinski definition) is 0. The fourth-order valence-corrected chi connectivity index (χ4v) is 1.54. The van der Waals surface area contributed by atoms with Crippen LogP contribution in [-0.2, 0) is 4.74 Å². The lowest BCUT2D eigenvalue weighted by molar-refractivity contribution is -0.0678. The molecule has 0 aromatic heterocycles. The lowest BCUT2D eigenvalue weighted by Gasteiger charge is -2.33. The Morgan fingerprint density at radius 1 is 1.50 bits per heavy atom. The summed E-state index contributed by atoms with van der Waals surface area (Å²) in [6.07, 6.45) is -0.0421. The molecule has 2 nitrogen and oxygen atoms in total. The number of likely N-dealkylation sites (tertiary alicyclic amines) is 1. The zero-order valence-corrected chi connectivity index (χ0v) is 8.09. The van der Waals surface area contributed by atoms with Gasteiger partial charge in [-0.25, -0.2) is 4.39 Å². The maximum atomic E-state index is 13.3. The molecule has 2 atom stereocenters. The molecule has 0 radical (unpaired) electrons. The second-order valence-electron chi connectivity index (χ2n) is 3.79. The van der Waals surface area contributed by atoms with Crippen molar-refractivity contribution in [3.05, 3.63) is 0 Å². The van der Waals surface area contributed by atoms with Crippen LogP contribution in [0.15, 0.2) is 0 Å². The largest absolute Gasteiger partial charge is 0.372 e. The fourth-order valence-electron chi connectivity index (χ4n) is 1.54. The first-order valence-corrected chi connectivity index (χ1v) is 4.57. The highest BCUT2D eigenvalue weighted by Gasteiger charge is 2.28. The van der Waals surface area contributed by atoms with Crippen molar-refractivity contribution in [2.45, 2.75) is 38.6 Å². The zero-order chi connectivity index (χ0) is 9.14. The van der Waals surface area contributed by atoms with Crippen molar-refractivity contribution >= 4 is 0 Å². The first-order chi connectivity index (χ1) is 5.59. The summed E-state index contributed by atoms with van der Waals surface area (Å²) in [6, 6.07) is 0. The summed E-state index contributed by atoms with van der Waals surface area (Å²) in [7, 11) is 1.94. The average molecular weight is 175 g/mol. The number of halogens is 1. The van der Waals surface area contributed by atoms with Gasteiger partial charge in [-0.1, -0.05) is 0 Å². The Labute approximate surface area is 73.7 Å². The minimum atomic E-state index is -0.814. The van der Waals surface area contributed by atoms with Crippen LogP contribution in [0.3, 0.4) is 0 Å². The van der Waals surface area contributed by atoms with Crippen LogP contribution in [0.2, 0.25) is 0 Å². The van der Waals surface area contributed by atoms with Crippen molar-refractivity contribution in [3.8, 4) is 0 Å². The van der Waals surface area contributed by atoms with E-state index in [1.807, 2.05) is 25.8 Å². The van der Waals surface area contributed by atoms with Gasteiger partial charge in [0.1, 0.15) is 6.17 Å². The summed E-state index contributed by atoms with van der Waals surface area (Å²) in [5.74, 6) is 0. The number of nitrogens with zero attached hydrogens (tertiary/aromatic N) is 1. The molecule has 1 aliphatic heterocycles. The molecule has 12 heavy (non-hydrogen) atoms. The van der Waals surface area contributed by atoms with Gasteiger partial charge in [-0.05, 0) is 27.3 Å². The first-order valence-electron chi connectivity index (χ1n) is 4.57. The molecule has 0 unspecified atom stereocenters. The molecule has 0 amide bonds. The summed E-state index contributed by atoms with van der Waals surface area (Å²) < 4.78 is 18.7. The number of ether oxygens (including phenoxy) is 1. The van der Waals surface area contributed by atoms with Crippen molar-refractivity contribution in [1.82, 2.24) is 4.90 Å². The molecule has 0 aromatic rings. The summed E-state index contributed by atoms with van der Waals surface area (Å²) in [4.78, 5) is 2.00. The number of piperidine rings is 1. The van der Waals surface area contributed by atoms with Crippen molar-refractivity contribution in [3.63, 3.8) is 0 Å². The van der Waals surface area contributed by atoms with Crippen LogP contribution in [0.25, 0.3) is 0 Å². The fraction of sp³-hybridized carbons (Fsp3) is 1.00. The summed E-state index contributed by atoms with van der Waals surface area (Å²) >= 11 is 0. The second-order valence-corrected chi connectivity index (χ2v) is 3.79. The average Bonchev–Trinajstić information content (AvgIpc) is 1.94. The maximum absolute atomic E-state index is 13.3. The zero-order valence-electron chi connectivity index (χ0n) is 8.09. The first kappa shape index (κ1) is 9.93. The molecule has 1 aliphatic rings. The van der Waals surface area contributed by atoms with Gasteiger partial charge in [0.05, 0.1) is 12.2 Å². The highest BCUT2D eigenvalue weighted by Crippen LogP contribution is 2.17. The van der Waals surface area contributed by atoms with Gasteiger partial charge in [-0.15, -0.1) is 0 Å². The highest BCUT2D eigenvalue weighted by atomic mass is 19.1. The summed E-state index contributed by atoms with van der Waals surface area (Å²) in [5.41, 5.74) is 0. The Kier molecular flexibility index (Phi) is 3.47. The minimum absolute atomic E-state index is 0.136. The van der Waals surface area contributed by atoms with Gasteiger partial charge in [0.2, 0.25) is 0 Å². The molecule has 1 heterocycles. The molecule has 0 bridgehead atoms. The molecular formula is C9H18FNO. The third-order valence-corrected chi connectivity index (χ3v) is 2.13. The quantitative estimate of drug-likeness (QED) is 0.630. The molecule has 1 saturated heterocycles. The second kappa shape index (κ2) is 4.19. The Morgan fingerprint density at radius 2 is 2.17 bits per heavy atom. The third kappa shape index (κ3) is 2.72. The Hall–Kier alpha value is -0.150. The molecule has 1 rings (SSSR count). The molecule has 0 spiro atoms. The molecule has 0 aliphatic carbocycles. The van der Waals surface area contributed by atoms with Crippen LogP contribution < -0.4 is 0 Å². The van der Waals surface area contributed by atoms with Crippen molar-refractivity contribution in [2.75, 3.05) is 20.1 Å². The van der Waals surface area contributed by atoms with Gasteiger partial charge in [0.25, 0.3) is 0 Å². The van der Waals surface area contributed by atoms with Gasteiger partial charge in [-0.2, -0.15) is 0 Å². The maximum Gasteiger partial charge on any atom is 0.139 e. The number of alkyl halides is 1. The smallest absolute Gasteiger partial charge is 0.139 e. The van der Waals surface area contributed by atoms with E-state index in [9.17, 15) is 4.39 Å². The van der Waals surface area contributed by atoms with Crippen molar-refractivity contribution in [2.24, 2.45) is 0 Å². The van der Waals surface area contributed by atoms with E-state index in [0.29, 0.717) is 6.54 Å². The van der Waals surface area contributed by atoms with Gasteiger partial charge in [-0.3, -0.25) is 0 Å². The van der Waals surface area contributed by atoms with Crippen LogP contribution in [0.1, 0.15) is 20.3 Å². The SMILES string of the molecule is CC(C)O[C@@H]1CCN(C)C[C@H]1F. The lowest BCUT2D eigenvalue weighted by atomic mass is 10.1. The minimum Gasteiger partial charge on any atom is -0.372 e. The monoisotopic (exact) mass is 175 g/mol. The van der Waals surface area contributed by atoms with E-state index >= 15 is 0 Å². The van der Waals surface area contributed by atoms with Gasteiger partial charge in [0.15, 0.2) is 0 Å². The Morgan fingerprint density at radius 3 is 2.67 bits per heavy atom. The molecular weight excluding hydrogens is 157 g/mol. The molecule has 0 N–H and O–H groups in total. The van der Waals surface area contributed by atoms with E-state index in [4.69, 9.17) is 4.74 Å². The summed E-state index contributed by atoms with van der Waals surface area (Å²) in [5, 5.41) is 0. The van der Waals surface area contributed by atoms with E-state index < -0.39 is 6.17 Å². The van der Waals surface area contributed by atoms with Gasteiger partial charge >= 0.3 is 0 Å². The molecule has 3 heteroatoms. The highest BCUT2D eigenvalue weighted by molar-refractivity contribution is 4.79. The topological polar surface area (TPSA) is 12.5 Å². The van der Waals surface area contributed by atoms with Gasteiger partial charge < -0.3 is 9.64 Å². The third-order valence-electron chi connectivity index (χ3n) is 2.13. The van der Waals surface area contributed by atoms with Crippen LogP contribution >= 0.6 is 0 Å². The number of rotatable bonds is 2. The van der Waals surface area contributed by atoms with Crippen molar-refractivity contribution in [1.29, 1.82) is 0 Å². The van der Waals surface area contributed by atoms with Crippen LogP contribution in [0.5, 0.6) is 0 Å². The van der Waals surface area contributed by atoms with E-state index in [1.165, 1.54) is 0 Å². The van der Waals surface area contributed by atoms with Gasteiger partial charge in [0, 0.05) is 13.1 Å². The van der Waals surface area contributed by atoms with Crippen LogP contribution in [0, 0.1) is 0 Å².